The van der Waals surface area contributed by atoms with Crippen molar-refractivity contribution < 1.29 is 9.53 Å². The number of carbonyl (C=O) groups is 1. The molecule has 2 amide bonds. The lowest BCUT2D eigenvalue weighted by Crippen LogP contribution is -2.40. The van der Waals surface area contributed by atoms with Crippen LogP contribution in [0.15, 0.2) is 42.5 Å². The van der Waals surface area contributed by atoms with Gasteiger partial charge in [0.1, 0.15) is 12.4 Å². The number of anilines is 2. The summed E-state index contributed by atoms with van der Waals surface area (Å²) in [5, 5.41) is 2.93. The van der Waals surface area contributed by atoms with Gasteiger partial charge in [0.05, 0.1) is 12.2 Å². The fraction of sp³-hybridized carbons (Fsp3) is 0.235. The third kappa shape index (κ3) is 2.84. The fourth-order valence-electron chi connectivity index (χ4n) is 2.37. The van der Waals surface area contributed by atoms with E-state index in [1.165, 1.54) is 5.56 Å². The molecular formula is C17H18N2O2. The van der Waals surface area contributed by atoms with Crippen LogP contribution in [0.25, 0.3) is 0 Å². The summed E-state index contributed by atoms with van der Waals surface area (Å²) < 4.78 is 5.60. The number of nitrogens with zero attached hydrogens (tertiary/aromatic N) is 1. The Labute approximate surface area is 124 Å². The molecule has 3 rings (SSSR count). The summed E-state index contributed by atoms with van der Waals surface area (Å²) in [6, 6.07) is 13.5. The maximum absolute atomic E-state index is 12.5. The average molecular weight is 282 g/mol. The number of ether oxygens (including phenoxy) is 1. The van der Waals surface area contributed by atoms with Crippen LogP contribution in [-0.2, 0) is 0 Å². The van der Waals surface area contributed by atoms with Crippen molar-refractivity contribution in [3.8, 4) is 5.75 Å². The number of rotatable bonds is 1. The predicted molar refractivity (Wildman–Crippen MR) is 84.2 cm³/mol. The fourth-order valence-corrected chi connectivity index (χ4v) is 2.37. The molecule has 4 heteroatoms. The first-order chi connectivity index (χ1) is 10.1. The van der Waals surface area contributed by atoms with E-state index in [1.807, 2.05) is 56.3 Å². The monoisotopic (exact) mass is 282 g/mol. The van der Waals surface area contributed by atoms with Gasteiger partial charge < -0.3 is 10.1 Å². The quantitative estimate of drug-likeness (QED) is 0.865. The number of urea groups is 1. The highest BCUT2D eigenvalue weighted by atomic mass is 16.5. The van der Waals surface area contributed by atoms with Crippen molar-refractivity contribution >= 4 is 17.4 Å². The van der Waals surface area contributed by atoms with Gasteiger partial charge in [-0.3, -0.25) is 4.90 Å². The summed E-state index contributed by atoms with van der Waals surface area (Å²) >= 11 is 0. The number of nitrogens with one attached hydrogen (secondary N) is 1. The summed E-state index contributed by atoms with van der Waals surface area (Å²) in [7, 11) is 0. The maximum Gasteiger partial charge on any atom is 0.326 e. The van der Waals surface area contributed by atoms with Crippen molar-refractivity contribution in [1.82, 2.24) is 0 Å². The molecule has 108 valence electrons. The Morgan fingerprint density at radius 1 is 1.10 bits per heavy atom. The molecule has 0 saturated carbocycles. The van der Waals surface area contributed by atoms with Gasteiger partial charge in [-0.2, -0.15) is 0 Å². The number of hydrogen-bond donors (Lipinski definition) is 1. The van der Waals surface area contributed by atoms with Crippen LogP contribution in [0.1, 0.15) is 11.1 Å². The highest BCUT2D eigenvalue weighted by Crippen LogP contribution is 2.32. The third-order valence-corrected chi connectivity index (χ3v) is 3.53. The first-order valence-corrected chi connectivity index (χ1v) is 7.02. The van der Waals surface area contributed by atoms with Crippen molar-refractivity contribution in [2.24, 2.45) is 0 Å². The van der Waals surface area contributed by atoms with E-state index in [-0.39, 0.29) is 6.03 Å². The van der Waals surface area contributed by atoms with Crippen LogP contribution in [-0.4, -0.2) is 19.2 Å². The Kier molecular flexibility index (Phi) is 3.52. The molecule has 0 fully saturated rings. The van der Waals surface area contributed by atoms with Crippen molar-refractivity contribution in [3.05, 3.63) is 53.6 Å². The summed E-state index contributed by atoms with van der Waals surface area (Å²) in [6.45, 7) is 5.09. The van der Waals surface area contributed by atoms with Gasteiger partial charge in [-0.25, -0.2) is 4.79 Å². The molecule has 1 aliphatic heterocycles. The highest BCUT2D eigenvalue weighted by Gasteiger charge is 2.23. The standard InChI is InChI=1S/C17H18N2O2/c1-12-3-6-14(7-4-12)18-17(20)19-9-10-21-16-8-5-13(2)11-15(16)19/h3-8,11H,9-10H2,1-2H3,(H,18,20). The van der Waals surface area contributed by atoms with Gasteiger partial charge in [0.2, 0.25) is 0 Å². The van der Waals surface area contributed by atoms with E-state index in [4.69, 9.17) is 4.74 Å². The minimum atomic E-state index is -0.131. The number of hydrogen-bond acceptors (Lipinski definition) is 2. The maximum atomic E-state index is 12.5. The van der Waals surface area contributed by atoms with E-state index in [0.717, 1.165) is 22.7 Å². The molecule has 2 aromatic rings. The molecule has 0 atom stereocenters. The second-order valence-corrected chi connectivity index (χ2v) is 5.27. The van der Waals surface area contributed by atoms with E-state index >= 15 is 0 Å². The van der Waals surface area contributed by atoms with E-state index in [0.29, 0.717) is 13.2 Å². The van der Waals surface area contributed by atoms with Crippen molar-refractivity contribution in [3.63, 3.8) is 0 Å². The first-order valence-electron chi connectivity index (χ1n) is 7.02. The van der Waals surface area contributed by atoms with Gasteiger partial charge in [-0.1, -0.05) is 23.8 Å². The van der Waals surface area contributed by atoms with Crippen molar-refractivity contribution in [2.75, 3.05) is 23.4 Å². The van der Waals surface area contributed by atoms with E-state index in [9.17, 15) is 4.79 Å². The number of aryl methyl sites for hydroxylation is 2. The Morgan fingerprint density at radius 2 is 1.81 bits per heavy atom. The first kappa shape index (κ1) is 13.5. The predicted octanol–water partition coefficient (Wildman–Crippen LogP) is 3.73. The normalized spacial score (nSPS) is 13.3. The van der Waals surface area contributed by atoms with Gasteiger partial charge in [0, 0.05) is 5.69 Å². The molecule has 0 spiro atoms. The number of fused-ring (bicyclic) bond motifs is 1. The van der Waals surface area contributed by atoms with Crippen LogP contribution in [0.4, 0.5) is 16.2 Å². The minimum absolute atomic E-state index is 0.131. The molecule has 21 heavy (non-hydrogen) atoms. The molecule has 0 aliphatic carbocycles. The lowest BCUT2D eigenvalue weighted by Gasteiger charge is -2.29. The van der Waals surface area contributed by atoms with Crippen LogP contribution < -0.4 is 15.0 Å². The zero-order valence-electron chi connectivity index (χ0n) is 12.2. The third-order valence-electron chi connectivity index (χ3n) is 3.53. The van der Waals surface area contributed by atoms with E-state index in [1.54, 1.807) is 4.90 Å². The Hall–Kier alpha value is -2.49. The Morgan fingerprint density at radius 3 is 2.57 bits per heavy atom. The molecule has 0 unspecified atom stereocenters. The summed E-state index contributed by atoms with van der Waals surface area (Å²) in [5.41, 5.74) is 3.89. The van der Waals surface area contributed by atoms with Crippen LogP contribution in [0.3, 0.4) is 0 Å². The van der Waals surface area contributed by atoms with E-state index in [2.05, 4.69) is 5.32 Å². The topological polar surface area (TPSA) is 41.6 Å². The summed E-state index contributed by atoms with van der Waals surface area (Å²) in [4.78, 5) is 14.2. The number of amides is 2. The minimum Gasteiger partial charge on any atom is -0.490 e. The van der Waals surface area contributed by atoms with E-state index < -0.39 is 0 Å². The summed E-state index contributed by atoms with van der Waals surface area (Å²) in [6.07, 6.45) is 0. The molecule has 0 saturated heterocycles. The summed E-state index contributed by atoms with van der Waals surface area (Å²) in [5.74, 6) is 0.755. The lowest BCUT2D eigenvalue weighted by atomic mass is 10.1. The van der Waals surface area contributed by atoms with Crippen LogP contribution in [0.5, 0.6) is 5.75 Å². The Bertz CT molecular complexity index is 665. The lowest BCUT2D eigenvalue weighted by molar-refractivity contribution is 0.250. The van der Waals surface area contributed by atoms with Crippen LogP contribution >= 0.6 is 0 Å². The zero-order valence-corrected chi connectivity index (χ0v) is 12.2. The molecular weight excluding hydrogens is 264 g/mol. The van der Waals surface area contributed by atoms with Crippen LogP contribution in [0, 0.1) is 13.8 Å². The van der Waals surface area contributed by atoms with Crippen molar-refractivity contribution in [1.29, 1.82) is 0 Å². The van der Waals surface area contributed by atoms with Gasteiger partial charge >= 0.3 is 6.03 Å². The zero-order chi connectivity index (χ0) is 14.8. The smallest absolute Gasteiger partial charge is 0.326 e. The Balaban J connectivity index is 1.83. The SMILES string of the molecule is Cc1ccc(NC(=O)N2CCOc3ccc(C)cc32)cc1. The molecule has 1 heterocycles. The van der Waals surface area contributed by atoms with Crippen LogP contribution in [0.2, 0.25) is 0 Å². The van der Waals surface area contributed by atoms with Gasteiger partial charge in [0.25, 0.3) is 0 Å². The highest BCUT2D eigenvalue weighted by molar-refractivity contribution is 6.03. The molecule has 0 bridgehead atoms. The largest absolute Gasteiger partial charge is 0.490 e. The number of carbonyl (C=O) groups excluding carboxylic acids is 1. The number of benzene rings is 2. The molecule has 0 aromatic heterocycles. The second-order valence-electron chi connectivity index (χ2n) is 5.27. The molecule has 1 N–H and O–H groups in total. The van der Waals surface area contributed by atoms with Gasteiger partial charge in [-0.05, 0) is 43.7 Å². The molecule has 1 aliphatic rings. The van der Waals surface area contributed by atoms with Crippen molar-refractivity contribution in [2.45, 2.75) is 13.8 Å². The van der Waals surface area contributed by atoms with Gasteiger partial charge in [-0.15, -0.1) is 0 Å². The molecule has 2 aromatic carbocycles. The molecule has 4 nitrogen and oxygen atoms in total. The average Bonchev–Trinajstić information content (AvgIpc) is 2.49. The molecule has 0 radical (unpaired) electrons. The van der Waals surface area contributed by atoms with Gasteiger partial charge in [0.15, 0.2) is 0 Å². The second kappa shape index (κ2) is 5.48.